The predicted octanol–water partition coefficient (Wildman–Crippen LogP) is 4.39. The Kier molecular flexibility index (Phi) is 2.20. The molecule has 2 heteroatoms. The second kappa shape index (κ2) is 3.03. The summed E-state index contributed by atoms with van der Waals surface area (Å²) < 4.78 is 0.440. The Morgan fingerprint density at radius 2 is 1.79 bits per heavy atom. The van der Waals surface area contributed by atoms with Gasteiger partial charge in [-0.25, -0.2) is 0 Å². The van der Waals surface area contributed by atoms with E-state index in [-0.39, 0.29) is 4.87 Å². The smallest absolute Gasteiger partial charge is 0.0617 e. The molecule has 0 aromatic rings. The van der Waals surface area contributed by atoms with Crippen molar-refractivity contribution >= 4 is 34.2 Å². The van der Waals surface area contributed by atoms with E-state index in [2.05, 4.69) is 29.5 Å². The summed E-state index contributed by atoms with van der Waals surface area (Å²) in [5, 5.41) is 0. The molecule has 0 heterocycles. The van der Waals surface area contributed by atoms with Crippen LogP contribution in [-0.2, 0) is 0 Å². The molecule has 0 spiro atoms. The van der Waals surface area contributed by atoms with E-state index in [1.165, 1.54) is 38.5 Å². The molecule has 3 atom stereocenters. The fraction of sp³-hybridized carbons (Fsp3) is 1.00. The zero-order valence-corrected chi connectivity index (χ0v) is 11.6. The fourth-order valence-electron chi connectivity index (χ4n) is 4.58. The standard InChI is InChI=1S/C12H18ClI/c1-2-12(13)10-4-8-3-9(5-10)7-11(12,14)6-8/h8-10H,2-7H2,1H3. The lowest BCUT2D eigenvalue weighted by Gasteiger charge is -2.63. The molecule has 4 bridgehead atoms. The summed E-state index contributed by atoms with van der Waals surface area (Å²) in [7, 11) is 0. The first kappa shape index (κ1) is 10.2. The first-order chi connectivity index (χ1) is 6.57. The number of rotatable bonds is 1. The van der Waals surface area contributed by atoms with Gasteiger partial charge in [-0.2, -0.15) is 0 Å². The maximum absolute atomic E-state index is 6.95. The summed E-state index contributed by atoms with van der Waals surface area (Å²) in [6, 6.07) is 0. The van der Waals surface area contributed by atoms with Crippen molar-refractivity contribution in [1.29, 1.82) is 0 Å². The SMILES string of the molecule is CCC1(Cl)C2CC3CC(C2)CC1(I)C3. The molecule has 14 heavy (non-hydrogen) atoms. The number of hydrogen-bond acceptors (Lipinski definition) is 0. The molecule has 0 aromatic carbocycles. The number of hydrogen-bond donors (Lipinski definition) is 0. The summed E-state index contributed by atoms with van der Waals surface area (Å²) in [5.74, 6) is 2.86. The van der Waals surface area contributed by atoms with Gasteiger partial charge >= 0.3 is 0 Å². The lowest BCUT2D eigenvalue weighted by atomic mass is 9.51. The molecule has 4 aliphatic carbocycles. The van der Waals surface area contributed by atoms with E-state index in [0.717, 1.165) is 17.8 Å². The van der Waals surface area contributed by atoms with Crippen molar-refractivity contribution in [3.8, 4) is 0 Å². The Hall–Kier alpha value is 1.02. The van der Waals surface area contributed by atoms with Crippen molar-refractivity contribution < 1.29 is 0 Å². The van der Waals surface area contributed by atoms with Crippen LogP contribution < -0.4 is 0 Å². The van der Waals surface area contributed by atoms with Gasteiger partial charge in [-0.05, 0) is 56.3 Å². The number of alkyl halides is 2. The highest BCUT2D eigenvalue weighted by Gasteiger charge is 2.62. The Labute approximate surface area is 105 Å². The van der Waals surface area contributed by atoms with Crippen molar-refractivity contribution in [2.24, 2.45) is 17.8 Å². The minimum absolute atomic E-state index is 0.140. The maximum atomic E-state index is 6.95. The maximum Gasteiger partial charge on any atom is 0.0617 e. The molecule has 0 aliphatic heterocycles. The highest BCUT2D eigenvalue weighted by Crippen LogP contribution is 2.67. The van der Waals surface area contributed by atoms with Gasteiger partial charge in [0.25, 0.3) is 0 Å². The van der Waals surface area contributed by atoms with Gasteiger partial charge in [0.05, 0.1) is 4.87 Å². The number of halogens is 2. The predicted molar refractivity (Wildman–Crippen MR) is 69.2 cm³/mol. The lowest BCUT2D eigenvalue weighted by molar-refractivity contribution is 0.00550. The van der Waals surface area contributed by atoms with E-state index in [0.29, 0.717) is 3.42 Å². The van der Waals surface area contributed by atoms with Crippen LogP contribution in [0.4, 0.5) is 0 Å². The Bertz CT molecular complexity index is 251. The minimum Gasteiger partial charge on any atom is -0.118 e. The van der Waals surface area contributed by atoms with Gasteiger partial charge in [0.2, 0.25) is 0 Å². The monoisotopic (exact) mass is 324 g/mol. The van der Waals surface area contributed by atoms with Gasteiger partial charge in [-0.3, -0.25) is 0 Å². The Morgan fingerprint density at radius 1 is 1.21 bits per heavy atom. The van der Waals surface area contributed by atoms with E-state index in [1.807, 2.05) is 0 Å². The van der Waals surface area contributed by atoms with Gasteiger partial charge in [-0.1, -0.05) is 29.5 Å². The molecular formula is C12H18ClI. The van der Waals surface area contributed by atoms with E-state index in [1.54, 1.807) is 0 Å². The molecule has 4 saturated carbocycles. The zero-order valence-electron chi connectivity index (χ0n) is 8.73. The molecular weight excluding hydrogens is 306 g/mol. The fourth-order valence-corrected chi connectivity index (χ4v) is 6.98. The molecule has 4 aliphatic rings. The molecule has 80 valence electrons. The van der Waals surface area contributed by atoms with Crippen LogP contribution in [0.1, 0.15) is 45.4 Å². The quantitative estimate of drug-likeness (QED) is 0.496. The zero-order chi connectivity index (χ0) is 9.97. The summed E-state index contributed by atoms with van der Waals surface area (Å²) in [4.78, 5) is 0.140. The van der Waals surface area contributed by atoms with E-state index >= 15 is 0 Å². The van der Waals surface area contributed by atoms with Crippen LogP contribution in [0, 0.1) is 17.8 Å². The third-order valence-corrected chi connectivity index (χ3v) is 8.13. The molecule has 0 nitrogen and oxygen atoms in total. The average molecular weight is 325 g/mol. The van der Waals surface area contributed by atoms with Crippen LogP contribution in [0.3, 0.4) is 0 Å². The molecule has 4 fully saturated rings. The van der Waals surface area contributed by atoms with Gasteiger partial charge in [0, 0.05) is 3.42 Å². The average Bonchev–Trinajstić information content (AvgIpc) is 2.12. The highest BCUT2D eigenvalue weighted by molar-refractivity contribution is 14.1. The normalized spacial score (nSPS) is 60.6. The van der Waals surface area contributed by atoms with Crippen LogP contribution in [0.5, 0.6) is 0 Å². The van der Waals surface area contributed by atoms with Gasteiger partial charge in [0.15, 0.2) is 0 Å². The van der Waals surface area contributed by atoms with E-state index in [4.69, 9.17) is 11.6 Å². The second-order valence-electron chi connectivity index (χ2n) is 5.73. The molecule has 0 amide bonds. The topological polar surface area (TPSA) is 0 Å². The highest BCUT2D eigenvalue weighted by atomic mass is 127. The molecule has 0 radical (unpaired) electrons. The van der Waals surface area contributed by atoms with Gasteiger partial charge < -0.3 is 0 Å². The van der Waals surface area contributed by atoms with Crippen LogP contribution in [-0.4, -0.2) is 8.30 Å². The Morgan fingerprint density at radius 3 is 2.21 bits per heavy atom. The summed E-state index contributed by atoms with van der Waals surface area (Å²) in [6.07, 6.45) is 8.34. The van der Waals surface area contributed by atoms with Gasteiger partial charge in [-0.15, -0.1) is 11.6 Å². The van der Waals surface area contributed by atoms with Crippen LogP contribution >= 0.6 is 34.2 Å². The van der Waals surface area contributed by atoms with E-state index in [9.17, 15) is 0 Å². The van der Waals surface area contributed by atoms with Crippen LogP contribution in [0.25, 0.3) is 0 Å². The molecule has 0 N–H and O–H groups in total. The Balaban J connectivity index is 2.01. The van der Waals surface area contributed by atoms with Crippen LogP contribution in [0.15, 0.2) is 0 Å². The molecule has 3 unspecified atom stereocenters. The third kappa shape index (κ3) is 1.12. The third-order valence-electron chi connectivity index (χ3n) is 5.03. The van der Waals surface area contributed by atoms with E-state index < -0.39 is 0 Å². The van der Waals surface area contributed by atoms with Gasteiger partial charge in [0.1, 0.15) is 0 Å². The molecule has 4 rings (SSSR count). The first-order valence-corrected chi connectivity index (χ1v) is 7.41. The minimum atomic E-state index is 0.140. The molecule has 0 saturated heterocycles. The van der Waals surface area contributed by atoms with Crippen molar-refractivity contribution in [3.63, 3.8) is 0 Å². The summed E-state index contributed by atoms with van der Waals surface area (Å²) in [6.45, 7) is 2.29. The molecule has 0 aromatic heterocycles. The van der Waals surface area contributed by atoms with Crippen molar-refractivity contribution in [2.75, 3.05) is 0 Å². The van der Waals surface area contributed by atoms with Crippen LogP contribution in [0.2, 0.25) is 0 Å². The van der Waals surface area contributed by atoms with Crippen molar-refractivity contribution in [3.05, 3.63) is 0 Å². The largest absolute Gasteiger partial charge is 0.118 e. The lowest BCUT2D eigenvalue weighted by Crippen LogP contribution is -2.62. The second-order valence-corrected chi connectivity index (χ2v) is 8.47. The van der Waals surface area contributed by atoms with Crippen molar-refractivity contribution in [2.45, 2.75) is 53.7 Å². The van der Waals surface area contributed by atoms with Crippen molar-refractivity contribution in [1.82, 2.24) is 0 Å². The first-order valence-electron chi connectivity index (χ1n) is 5.95. The summed E-state index contributed by atoms with van der Waals surface area (Å²) in [5.41, 5.74) is 0. The summed E-state index contributed by atoms with van der Waals surface area (Å²) >= 11 is 9.66.